The third-order valence-electron chi connectivity index (χ3n) is 3.95. The molecule has 1 aromatic carbocycles. The van der Waals surface area contributed by atoms with Crippen LogP contribution in [0.15, 0.2) is 30.5 Å². The zero-order chi connectivity index (χ0) is 13.9. The molecule has 5 heteroatoms. The van der Waals surface area contributed by atoms with Crippen molar-refractivity contribution in [2.45, 2.75) is 32.2 Å². The van der Waals surface area contributed by atoms with Gasteiger partial charge < -0.3 is 5.32 Å². The molecule has 0 aliphatic heterocycles. The fraction of sp³-hybridized carbons (Fsp3) is 0.400. The number of aromatic nitrogens is 2. The molecule has 0 saturated carbocycles. The van der Waals surface area contributed by atoms with Crippen molar-refractivity contribution in [2.75, 3.05) is 0 Å². The lowest BCUT2D eigenvalue weighted by atomic mass is 9.92. The van der Waals surface area contributed by atoms with Gasteiger partial charge in [0.05, 0.1) is 24.0 Å². The van der Waals surface area contributed by atoms with E-state index in [1.54, 1.807) is 0 Å². The molecule has 1 aliphatic carbocycles. The maximum absolute atomic E-state index is 12.2. The summed E-state index contributed by atoms with van der Waals surface area (Å²) in [7, 11) is 0. The van der Waals surface area contributed by atoms with Gasteiger partial charge in [-0.3, -0.25) is 4.79 Å². The highest BCUT2D eigenvalue weighted by Gasteiger charge is 2.26. The van der Waals surface area contributed by atoms with Crippen LogP contribution in [0.25, 0.3) is 0 Å². The molecule has 2 aromatic rings. The quantitative estimate of drug-likeness (QED) is 0.864. The molecule has 1 heterocycles. The van der Waals surface area contributed by atoms with Crippen LogP contribution in [0.1, 0.15) is 47.4 Å². The number of amides is 1. The summed E-state index contributed by atoms with van der Waals surface area (Å²) in [4.78, 5) is 12.2. The van der Waals surface area contributed by atoms with Crippen molar-refractivity contribution in [3.05, 3.63) is 47.3 Å². The van der Waals surface area contributed by atoms with Crippen LogP contribution in [0.2, 0.25) is 0 Å². The van der Waals surface area contributed by atoms with Gasteiger partial charge in [-0.05, 0) is 36.3 Å². The number of fused-ring (bicyclic) bond motifs is 1. The summed E-state index contributed by atoms with van der Waals surface area (Å²) < 4.78 is 7.89. The second kappa shape index (κ2) is 5.71. The number of hydrogen-bond donors (Lipinski definition) is 1. The van der Waals surface area contributed by atoms with Crippen LogP contribution in [0, 0.1) is 5.92 Å². The van der Waals surface area contributed by atoms with E-state index in [-0.39, 0.29) is 11.9 Å². The van der Waals surface area contributed by atoms with Crippen LogP contribution >= 0.6 is 11.7 Å². The molecule has 1 aliphatic rings. The standard InChI is InChI=1S/C15H17N3OS/c1-10-5-4-7-11-6-2-3-8-12(11)14(10)17-15(19)13-9-16-20-18-13/h2-3,6,8-10,14H,4-5,7H2,1H3,(H,17,19)/t10-,14-/m1/s1. The Kier molecular flexibility index (Phi) is 3.78. The van der Waals surface area contributed by atoms with Crippen LogP contribution in [0.4, 0.5) is 0 Å². The van der Waals surface area contributed by atoms with Crippen molar-refractivity contribution in [3.63, 3.8) is 0 Å². The first kappa shape index (κ1) is 13.2. The fourth-order valence-electron chi connectivity index (χ4n) is 2.85. The monoisotopic (exact) mass is 287 g/mol. The van der Waals surface area contributed by atoms with Crippen molar-refractivity contribution >= 4 is 17.6 Å². The van der Waals surface area contributed by atoms with Crippen molar-refractivity contribution in [2.24, 2.45) is 5.92 Å². The predicted octanol–water partition coefficient (Wildman–Crippen LogP) is 2.98. The van der Waals surface area contributed by atoms with Gasteiger partial charge in [-0.2, -0.15) is 8.75 Å². The molecule has 0 unspecified atom stereocenters. The van der Waals surface area contributed by atoms with E-state index in [1.807, 2.05) is 6.07 Å². The van der Waals surface area contributed by atoms with Gasteiger partial charge in [0, 0.05) is 0 Å². The molecular weight excluding hydrogens is 270 g/mol. The van der Waals surface area contributed by atoms with E-state index >= 15 is 0 Å². The number of carbonyl (C=O) groups excluding carboxylic acids is 1. The van der Waals surface area contributed by atoms with Gasteiger partial charge in [-0.15, -0.1) is 0 Å². The SMILES string of the molecule is C[C@@H]1CCCc2ccccc2[C@@H]1NC(=O)c1cnsn1. The Morgan fingerprint density at radius 3 is 3.05 bits per heavy atom. The van der Waals surface area contributed by atoms with Gasteiger partial charge in [-0.25, -0.2) is 0 Å². The highest BCUT2D eigenvalue weighted by atomic mass is 32.1. The maximum atomic E-state index is 12.2. The van der Waals surface area contributed by atoms with E-state index < -0.39 is 0 Å². The Morgan fingerprint density at radius 2 is 2.25 bits per heavy atom. The number of hydrogen-bond acceptors (Lipinski definition) is 4. The second-order valence-corrected chi connectivity index (χ2v) is 5.87. The minimum Gasteiger partial charge on any atom is -0.344 e. The van der Waals surface area contributed by atoms with Gasteiger partial charge in [-0.1, -0.05) is 31.2 Å². The van der Waals surface area contributed by atoms with Gasteiger partial charge in [0.15, 0.2) is 5.69 Å². The number of carbonyl (C=O) groups is 1. The Bertz CT molecular complexity index is 597. The van der Waals surface area contributed by atoms with Crippen LogP contribution < -0.4 is 5.32 Å². The minimum atomic E-state index is -0.132. The van der Waals surface area contributed by atoms with Gasteiger partial charge in [0.25, 0.3) is 5.91 Å². The van der Waals surface area contributed by atoms with Gasteiger partial charge >= 0.3 is 0 Å². The Labute approximate surface area is 122 Å². The number of nitrogens with one attached hydrogen (secondary N) is 1. The summed E-state index contributed by atoms with van der Waals surface area (Å²) in [5.41, 5.74) is 3.00. The minimum absolute atomic E-state index is 0.0582. The number of rotatable bonds is 2. The molecule has 1 amide bonds. The summed E-state index contributed by atoms with van der Waals surface area (Å²) in [5.74, 6) is 0.293. The first-order chi connectivity index (χ1) is 9.75. The Balaban J connectivity index is 1.88. The average molecular weight is 287 g/mol. The van der Waals surface area contributed by atoms with E-state index in [1.165, 1.54) is 23.7 Å². The lowest BCUT2D eigenvalue weighted by Crippen LogP contribution is -2.32. The summed E-state index contributed by atoms with van der Waals surface area (Å²) in [6.45, 7) is 2.20. The molecule has 0 saturated heterocycles. The largest absolute Gasteiger partial charge is 0.344 e. The van der Waals surface area contributed by atoms with Crippen molar-refractivity contribution in [1.29, 1.82) is 0 Å². The molecule has 0 bridgehead atoms. The molecule has 0 fully saturated rings. The zero-order valence-corrected chi connectivity index (χ0v) is 12.2. The van der Waals surface area contributed by atoms with Crippen molar-refractivity contribution < 1.29 is 4.79 Å². The lowest BCUT2D eigenvalue weighted by Gasteiger charge is -2.24. The van der Waals surface area contributed by atoms with Crippen LogP contribution in [0.3, 0.4) is 0 Å². The molecule has 104 valence electrons. The van der Waals surface area contributed by atoms with Crippen LogP contribution in [-0.4, -0.2) is 14.7 Å². The molecule has 0 radical (unpaired) electrons. The Hall–Kier alpha value is -1.75. The molecule has 2 atom stereocenters. The predicted molar refractivity (Wildman–Crippen MR) is 78.7 cm³/mol. The van der Waals surface area contributed by atoms with Gasteiger partial charge in [0.2, 0.25) is 0 Å². The molecule has 0 spiro atoms. The first-order valence-corrected chi connectivity index (χ1v) is 7.65. The highest BCUT2D eigenvalue weighted by molar-refractivity contribution is 6.99. The van der Waals surface area contributed by atoms with Gasteiger partial charge in [0.1, 0.15) is 0 Å². The highest BCUT2D eigenvalue weighted by Crippen LogP contribution is 2.33. The van der Waals surface area contributed by atoms with Crippen LogP contribution in [0.5, 0.6) is 0 Å². The zero-order valence-electron chi connectivity index (χ0n) is 11.4. The molecular formula is C15H17N3OS. The van der Waals surface area contributed by atoms with E-state index in [2.05, 4.69) is 39.2 Å². The number of benzene rings is 1. The maximum Gasteiger partial charge on any atom is 0.273 e. The first-order valence-electron chi connectivity index (χ1n) is 6.92. The van der Waals surface area contributed by atoms with Crippen molar-refractivity contribution in [1.82, 2.24) is 14.1 Å². The molecule has 3 rings (SSSR count). The van der Waals surface area contributed by atoms with Crippen LogP contribution in [-0.2, 0) is 6.42 Å². The topological polar surface area (TPSA) is 54.9 Å². The Morgan fingerprint density at radius 1 is 1.40 bits per heavy atom. The molecule has 4 nitrogen and oxygen atoms in total. The smallest absolute Gasteiger partial charge is 0.273 e. The normalized spacial score (nSPS) is 21.9. The summed E-state index contributed by atoms with van der Waals surface area (Å²) in [6.07, 6.45) is 4.90. The lowest BCUT2D eigenvalue weighted by molar-refractivity contribution is 0.0918. The molecule has 1 aromatic heterocycles. The summed E-state index contributed by atoms with van der Waals surface area (Å²) in [6, 6.07) is 8.46. The number of aryl methyl sites for hydroxylation is 1. The fourth-order valence-corrected chi connectivity index (χ4v) is 3.26. The van der Waals surface area contributed by atoms with Crippen molar-refractivity contribution in [3.8, 4) is 0 Å². The van der Waals surface area contributed by atoms with E-state index in [9.17, 15) is 4.79 Å². The third kappa shape index (κ3) is 2.58. The van der Waals surface area contributed by atoms with E-state index in [0.717, 1.165) is 24.6 Å². The second-order valence-electron chi connectivity index (χ2n) is 5.31. The summed E-state index contributed by atoms with van der Waals surface area (Å²) >= 11 is 1.06. The molecule has 1 N–H and O–H groups in total. The summed E-state index contributed by atoms with van der Waals surface area (Å²) in [5, 5.41) is 3.13. The molecule has 20 heavy (non-hydrogen) atoms. The number of nitrogens with zero attached hydrogens (tertiary/aromatic N) is 2. The van der Waals surface area contributed by atoms with E-state index in [4.69, 9.17) is 0 Å². The van der Waals surface area contributed by atoms with E-state index in [0.29, 0.717) is 11.6 Å². The third-order valence-corrected chi connectivity index (χ3v) is 4.42. The average Bonchev–Trinajstić information content (AvgIpc) is 2.94.